The van der Waals surface area contributed by atoms with Crippen molar-refractivity contribution in [1.29, 1.82) is 0 Å². The molecule has 1 fully saturated rings. The number of halogens is 1. The van der Waals surface area contributed by atoms with Gasteiger partial charge in [0.2, 0.25) is 5.91 Å². The molecule has 4 N–H and O–H groups in total. The molecule has 1 aliphatic heterocycles. The Balaban J connectivity index is 1.37. The summed E-state index contributed by atoms with van der Waals surface area (Å²) in [6.07, 6.45) is 3.25. The number of amides is 3. The number of anilines is 1. The van der Waals surface area contributed by atoms with Crippen molar-refractivity contribution in [2.45, 2.75) is 38.0 Å². The van der Waals surface area contributed by atoms with Gasteiger partial charge in [0.25, 0.3) is 0 Å². The molecule has 9 nitrogen and oxygen atoms in total. The molecule has 4 aromatic rings. The van der Waals surface area contributed by atoms with E-state index in [9.17, 15) is 14.0 Å². The van der Waals surface area contributed by atoms with E-state index in [1.165, 1.54) is 17.1 Å². The maximum Gasteiger partial charge on any atom is 0.330 e. The largest absolute Gasteiger partial charge is 0.490 e. The molecule has 1 aliphatic rings. The number of nitrogens with two attached hydrogens (primary N) is 1. The molecule has 1 unspecified atom stereocenters. The number of hydrazine groups is 1. The van der Waals surface area contributed by atoms with Gasteiger partial charge in [0.1, 0.15) is 23.7 Å². The lowest BCUT2D eigenvalue weighted by atomic mass is 10.0. The summed E-state index contributed by atoms with van der Waals surface area (Å²) >= 11 is 0. The van der Waals surface area contributed by atoms with Gasteiger partial charge >= 0.3 is 6.03 Å². The van der Waals surface area contributed by atoms with Crippen LogP contribution in [-0.4, -0.2) is 71.2 Å². The van der Waals surface area contributed by atoms with Crippen LogP contribution in [0.4, 0.5) is 14.9 Å². The molecule has 0 aliphatic carbocycles. The van der Waals surface area contributed by atoms with Crippen LogP contribution in [0.3, 0.4) is 0 Å². The van der Waals surface area contributed by atoms with Crippen LogP contribution in [0.25, 0.3) is 10.9 Å². The van der Waals surface area contributed by atoms with Crippen LogP contribution in [0.2, 0.25) is 0 Å². The second kappa shape index (κ2) is 13.1. The number of ether oxygens (including phenoxy) is 1. The van der Waals surface area contributed by atoms with Crippen molar-refractivity contribution >= 4 is 28.5 Å². The molecule has 0 saturated carbocycles. The van der Waals surface area contributed by atoms with Crippen LogP contribution < -0.4 is 15.8 Å². The first kappa shape index (κ1) is 29.1. The fraction of sp³-hybridized carbons (Fsp3) is 0.312. The van der Waals surface area contributed by atoms with Crippen molar-refractivity contribution in [3.63, 3.8) is 0 Å². The van der Waals surface area contributed by atoms with E-state index in [0.29, 0.717) is 37.4 Å². The van der Waals surface area contributed by atoms with Crippen molar-refractivity contribution < 1.29 is 18.7 Å². The maximum atomic E-state index is 14.0. The molecule has 42 heavy (non-hydrogen) atoms. The number of carbonyl (C=O) groups excluding carboxylic acids is 2. The van der Waals surface area contributed by atoms with E-state index in [2.05, 4.69) is 15.2 Å². The number of para-hydroxylation sites is 1. The van der Waals surface area contributed by atoms with Gasteiger partial charge in [-0.15, -0.1) is 0 Å². The van der Waals surface area contributed by atoms with E-state index in [1.807, 2.05) is 73.8 Å². The predicted octanol–water partition coefficient (Wildman–Crippen LogP) is 4.76. The highest BCUT2D eigenvalue weighted by Crippen LogP contribution is 2.25. The molecule has 0 radical (unpaired) electrons. The quantitative estimate of drug-likeness (QED) is 0.254. The van der Waals surface area contributed by atoms with Gasteiger partial charge in [0, 0.05) is 48.8 Å². The molecular formula is C32H37FN6O3. The summed E-state index contributed by atoms with van der Waals surface area (Å²) in [5.74, 6) is -0.0568. The molecule has 1 saturated heterocycles. The number of rotatable bonds is 10. The second-order valence-electron chi connectivity index (χ2n) is 10.9. The number of hydrogen-bond donors (Lipinski definition) is 3. The highest BCUT2D eigenvalue weighted by molar-refractivity contribution is 5.97. The van der Waals surface area contributed by atoms with E-state index in [-0.39, 0.29) is 24.2 Å². The van der Waals surface area contributed by atoms with Gasteiger partial charge < -0.3 is 25.7 Å². The molecule has 1 aromatic heterocycles. The van der Waals surface area contributed by atoms with Crippen molar-refractivity contribution in [3.8, 4) is 5.75 Å². The Labute approximate surface area is 245 Å². The Bertz CT molecular complexity index is 1510. The minimum Gasteiger partial charge on any atom is -0.490 e. The number of carbonyl (C=O) groups is 2. The van der Waals surface area contributed by atoms with Crippen LogP contribution in [0.1, 0.15) is 24.0 Å². The molecular weight excluding hydrogens is 535 g/mol. The van der Waals surface area contributed by atoms with Crippen molar-refractivity contribution in [1.82, 2.24) is 19.9 Å². The second-order valence-corrected chi connectivity index (χ2v) is 10.9. The SMILES string of the molecule is CN(C)Cc1cccc(NC(=O)C(Cc2c[nH]c3ccccc23)N(C(N)=O)N2CCC(Oc3ccc(F)cc3)CC2)c1. The lowest BCUT2D eigenvalue weighted by Gasteiger charge is -2.42. The van der Waals surface area contributed by atoms with Crippen LogP contribution in [0.5, 0.6) is 5.75 Å². The predicted molar refractivity (Wildman–Crippen MR) is 161 cm³/mol. The van der Waals surface area contributed by atoms with Gasteiger partial charge in [-0.2, -0.15) is 0 Å². The Morgan fingerprint density at radius 1 is 1.07 bits per heavy atom. The minimum absolute atomic E-state index is 0.109. The highest BCUT2D eigenvalue weighted by atomic mass is 19.1. The highest BCUT2D eigenvalue weighted by Gasteiger charge is 2.36. The summed E-state index contributed by atoms with van der Waals surface area (Å²) in [4.78, 5) is 32.3. The van der Waals surface area contributed by atoms with Crippen molar-refractivity contribution in [3.05, 3.63) is 95.9 Å². The zero-order valence-electron chi connectivity index (χ0n) is 23.9. The lowest BCUT2D eigenvalue weighted by Crippen LogP contribution is -2.60. The summed E-state index contributed by atoms with van der Waals surface area (Å²) in [6, 6.07) is 19.9. The van der Waals surface area contributed by atoms with E-state index in [4.69, 9.17) is 10.5 Å². The van der Waals surface area contributed by atoms with Gasteiger partial charge in [-0.05, 0) is 80.5 Å². The minimum atomic E-state index is -0.895. The molecule has 0 spiro atoms. The van der Waals surface area contributed by atoms with Crippen LogP contribution >= 0.6 is 0 Å². The summed E-state index contributed by atoms with van der Waals surface area (Å²) in [5.41, 5.74) is 9.55. The molecule has 2 heterocycles. The average Bonchev–Trinajstić information content (AvgIpc) is 3.37. The third kappa shape index (κ3) is 7.07. The van der Waals surface area contributed by atoms with Crippen LogP contribution in [0.15, 0.2) is 79.0 Å². The number of primary amides is 1. The van der Waals surface area contributed by atoms with Crippen LogP contribution in [0, 0.1) is 5.82 Å². The van der Waals surface area contributed by atoms with E-state index < -0.39 is 12.1 Å². The molecule has 5 rings (SSSR count). The third-order valence-corrected chi connectivity index (χ3v) is 7.44. The molecule has 10 heteroatoms. The average molecular weight is 573 g/mol. The lowest BCUT2D eigenvalue weighted by molar-refractivity contribution is -0.128. The van der Waals surface area contributed by atoms with E-state index in [0.717, 1.165) is 28.6 Å². The van der Waals surface area contributed by atoms with Gasteiger partial charge in [0.05, 0.1) is 0 Å². The molecule has 1 atom stereocenters. The van der Waals surface area contributed by atoms with E-state index >= 15 is 0 Å². The topological polar surface area (TPSA) is 107 Å². The summed E-state index contributed by atoms with van der Waals surface area (Å²) < 4.78 is 19.3. The van der Waals surface area contributed by atoms with Crippen molar-refractivity contribution in [2.24, 2.45) is 5.73 Å². The molecule has 3 amide bonds. The van der Waals surface area contributed by atoms with Gasteiger partial charge in [0.15, 0.2) is 0 Å². The number of urea groups is 1. The van der Waals surface area contributed by atoms with Crippen molar-refractivity contribution in [2.75, 3.05) is 32.5 Å². The Kier molecular flexibility index (Phi) is 9.04. The zero-order valence-corrected chi connectivity index (χ0v) is 23.9. The number of aromatic nitrogens is 1. The third-order valence-electron chi connectivity index (χ3n) is 7.44. The number of piperidine rings is 1. The molecule has 220 valence electrons. The van der Waals surface area contributed by atoms with Gasteiger partial charge in [-0.25, -0.2) is 19.2 Å². The Hall–Kier alpha value is -4.41. The Morgan fingerprint density at radius 3 is 2.52 bits per heavy atom. The first-order valence-corrected chi connectivity index (χ1v) is 14.1. The number of nitrogens with zero attached hydrogens (tertiary/aromatic N) is 3. The molecule has 0 bridgehead atoms. The number of hydrogen-bond acceptors (Lipinski definition) is 5. The zero-order chi connectivity index (χ0) is 29.6. The number of aromatic amines is 1. The number of nitrogens with one attached hydrogen (secondary N) is 2. The van der Waals surface area contributed by atoms with E-state index in [1.54, 1.807) is 12.1 Å². The molecule has 3 aromatic carbocycles. The summed E-state index contributed by atoms with van der Waals surface area (Å²) in [5, 5.41) is 7.26. The number of H-pyrrole nitrogens is 1. The van der Waals surface area contributed by atoms with Gasteiger partial charge in [-0.1, -0.05) is 30.3 Å². The summed E-state index contributed by atoms with van der Waals surface area (Å²) in [6.45, 7) is 1.65. The summed E-state index contributed by atoms with van der Waals surface area (Å²) in [7, 11) is 3.97. The fourth-order valence-electron chi connectivity index (χ4n) is 5.51. The smallest absolute Gasteiger partial charge is 0.330 e. The number of fused-ring (bicyclic) bond motifs is 1. The normalized spacial score (nSPS) is 15.0. The monoisotopic (exact) mass is 572 g/mol. The van der Waals surface area contributed by atoms with Gasteiger partial charge in [-0.3, -0.25) is 4.79 Å². The van der Waals surface area contributed by atoms with Crippen LogP contribution in [-0.2, 0) is 17.8 Å². The number of benzene rings is 3. The standard InChI is InChI=1S/C32H37FN6O3/c1-37(2)21-22-6-5-7-25(18-22)36-31(40)30(19-23-20-35-29-9-4-3-8-28(23)29)39(32(34)41)38-16-14-27(15-17-38)42-26-12-10-24(33)11-13-26/h3-13,18,20,27,30,35H,14-17,19,21H2,1-2H3,(H2,34,41)(H,36,40). The first-order chi connectivity index (χ1) is 20.3. The first-order valence-electron chi connectivity index (χ1n) is 14.1. The fourth-order valence-corrected chi connectivity index (χ4v) is 5.51. The maximum absolute atomic E-state index is 14.0. The Morgan fingerprint density at radius 2 is 1.81 bits per heavy atom.